The van der Waals surface area contributed by atoms with Crippen LogP contribution in [0.5, 0.6) is 0 Å². The van der Waals surface area contributed by atoms with Gasteiger partial charge in [0.2, 0.25) is 0 Å². The van der Waals surface area contributed by atoms with Gasteiger partial charge < -0.3 is 9.84 Å². The van der Waals surface area contributed by atoms with Crippen LogP contribution >= 0.6 is 0 Å². The first-order valence-corrected chi connectivity index (χ1v) is 10.9. The standard InChI is InChI=1S/C26H31NO2/c1-24(2)20-14-15-25(24,3)26(28,16-20)22(19-12-8-5-9-13-19)23-27-21(17-29-23)18-10-6-4-7-11-18/h4-13,20-22,28H,14-17H2,1-3H3/t20-,21-,22-,25-,26-/m0/s1. The lowest BCUT2D eigenvalue weighted by Crippen LogP contribution is -2.53. The van der Waals surface area contributed by atoms with Crippen LogP contribution in [0.1, 0.15) is 63.1 Å². The molecule has 1 aliphatic heterocycles. The van der Waals surface area contributed by atoms with E-state index in [1.807, 2.05) is 24.3 Å². The number of aliphatic hydroxyl groups is 1. The Balaban J connectivity index is 1.60. The third-order valence-corrected chi connectivity index (χ3v) is 8.66. The molecule has 2 aliphatic carbocycles. The van der Waals surface area contributed by atoms with Gasteiger partial charge in [0.25, 0.3) is 0 Å². The lowest BCUT2D eigenvalue weighted by atomic mass is 9.59. The van der Waals surface area contributed by atoms with E-state index in [9.17, 15) is 5.11 Å². The van der Waals surface area contributed by atoms with Gasteiger partial charge in [0.05, 0.1) is 11.5 Å². The van der Waals surface area contributed by atoms with Gasteiger partial charge in [-0.1, -0.05) is 81.4 Å². The monoisotopic (exact) mass is 389 g/mol. The summed E-state index contributed by atoms with van der Waals surface area (Å²) in [5, 5.41) is 12.3. The molecule has 2 fully saturated rings. The molecule has 0 aromatic heterocycles. The summed E-state index contributed by atoms with van der Waals surface area (Å²) in [7, 11) is 0. The van der Waals surface area contributed by atoms with E-state index in [4.69, 9.17) is 9.73 Å². The number of nitrogens with zero attached hydrogens (tertiary/aromatic N) is 1. The summed E-state index contributed by atoms with van der Waals surface area (Å²) in [6.45, 7) is 7.52. The molecule has 5 rings (SSSR count). The van der Waals surface area contributed by atoms with Crippen LogP contribution in [0, 0.1) is 16.7 Å². The maximum atomic E-state index is 12.3. The van der Waals surface area contributed by atoms with E-state index in [0.29, 0.717) is 18.4 Å². The normalized spacial score (nSPS) is 35.9. The maximum Gasteiger partial charge on any atom is 0.194 e. The lowest BCUT2D eigenvalue weighted by molar-refractivity contribution is -0.0979. The predicted molar refractivity (Wildman–Crippen MR) is 116 cm³/mol. The minimum absolute atomic E-state index is 0.000388. The summed E-state index contributed by atoms with van der Waals surface area (Å²) in [5.74, 6) is 1.01. The van der Waals surface area contributed by atoms with Gasteiger partial charge in [0.15, 0.2) is 5.90 Å². The molecule has 3 heteroatoms. The topological polar surface area (TPSA) is 41.8 Å². The average molecular weight is 390 g/mol. The number of benzene rings is 2. The van der Waals surface area contributed by atoms with E-state index in [2.05, 4.69) is 57.2 Å². The van der Waals surface area contributed by atoms with Gasteiger partial charge in [-0.15, -0.1) is 0 Å². The van der Waals surface area contributed by atoms with Gasteiger partial charge in [-0.05, 0) is 41.7 Å². The Morgan fingerprint density at radius 2 is 1.66 bits per heavy atom. The Labute approximate surface area is 173 Å². The third-order valence-electron chi connectivity index (χ3n) is 8.66. The fourth-order valence-electron chi connectivity index (χ4n) is 6.43. The number of hydrogen-bond acceptors (Lipinski definition) is 3. The SMILES string of the molecule is CC1(C)[C@H]2CC[C@]1(C)[C@@](O)([C@H](C1=N[C@H](c3ccccc3)CO1)c1ccccc1)C2. The molecule has 0 spiro atoms. The van der Waals surface area contributed by atoms with E-state index in [-0.39, 0.29) is 22.8 Å². The molecule has 3 nitrogen and oxygen atoms in total. The summed E-state index contributed by atoms with van der Waals surface area (Å²) >= 11 is 0. The molecule has 5 atom stereocenters. The summed E-state index contributed by atoms with van der Waals surface area (Å²) in [5.41, 5.74) is 1.35. The van der Waals surface area contributed by atoms with Crippen molar-refractivity contribution in [1.82, 2.24) is 0 Å². The van der Waals surface area contributed by atoms with Crippen LogP contribution in [0.25, 0.3) is 0 Å². The molecule has 2 aromatic carbocycles. The van der Waals surface area contributed by atoms with Gasteiger partial charge in [-0.25, -0.2) is 4.99 Å². The van der Waals surface area contributed by atoms with Crippen molar-refractivity contribution in [2.24, 2.45) is 21.7 Å². The number of fused-ring (bicyclic) bond motifs is 2. The van der Waals surface area contributed by atoms with Gasteiger partial charge in [0.1, 0.15) is 12.6 Å². The lowest BCUT2D eigenvalue weighted by Gasteiger charge is -2.49. The van der Waals surface area contributed by atoms with E-state index < -0.39 is 5.60 Å². The number of rotatable bonds is 4. The van der Waals surface area contributed by atoms with E-state index >= 15 is 0 Å². The van der Waals surface area contributed by atoms with Crippen molar-refractivity contribution in [3.05, 3.63) is 71.8 Å². The third kappa shape index (κ3) is 2.56. The molecule has 0 unspecified atom stereocenters. The first-order chi connectivity index (χ1) is 13.9. The van der Waals surface area contributed by atoms with E-state index in [0.717, 1.165) is 18.4 Å². The Kier molecular flexibility index (Phi) is 4.19. The van der Waals surface area contributed by atoms with Crippen molar-refractivity contribution in [3.63, 3.8) is 0 Å². The minimum atomic E-state index is -0.856. The summed E-state index contributed by atoms with van der Waals surface area (Å²) in [6, 6.07) is 20.7. The summed E-state index contributed by atoms with van der Waals surface area (Å²) < 4.78 is 6.23. The Hall–Kier alpha value is -2.13. The Morgan fingerprint density at radius 1 is 1.00 bits per heavy atom. The smallest absolute Gasteiger partial charge is 0.194 e. The largest absolute Gasteiger partial charge is 0.478 e. The zero-order valence-corrected chi connectivity index (χ0v) is 17.6. The highest BCUT2D eigenvalue weighted by Crippen LogP contribution is 2.72. The zero-order chi connectivity index (χ0) is 20.3. The molecular formula is C26H31NO2. The highest BCUT2D eigenvalue weighted by atomic mass is 16.5. The Bertz CT molecular complexity index is 922. The van der Waals surface area contributed by atoms with Gasteiger partial charge in [0, 0.05) is 5.41 Å². The van der Waals surface area contributed by atoms with Gasteiger partial charge in [-0.2, -0.15) is 0 Å². The first kappa shape index (κ1) is 18.9. The molecule has 1 heterocycles. The molecule has 2 saturated carbocycles. The predicted octanol–water partition coefficient (Wildman–Crippen LogP) is 5.52. The van der Waals surface area contributed by atoms with Crippen LogP contribution in [0.2, 0.25) is 0 Å². The van der Waals surface area contributed by atoms with Crippen LogP contribution in [0.15, 0.2) is 65.7 Å². The van der Waals surface area contributed by atoms with Crippen LogP contribution in [-0.4, -0.2) is 23.2 Å². The summed E-state index contributed by atoms with van der Waals surface area (Å²) in [4.78, 5) is 5.02. The van der Waals surface area contributed by atoms with Crippen LogP contribution < -0.4 is 0 Å². The van der Waals surface area contributed by atoms with Crippen LogP contribution in [-0.2, 0) is 4.74 Å². The van der Waals surface area contributed by atoms with Crippen molar-refractivity contribution in [1.29, 1.82) is 0 Å². The quantitative estimate of drug-likeness (QED) is 0.748. The molecule has 2 aromatic rings. The second-order valence-electron chi connectivity index (χ2n) is 9.97. The van der Waals surface area contributed by atoms with E-state index in [1.54, 1.807) is 0 Å². The zero-order valence-electron chi connectivity index (χ0n) is 17.6. The van der Waals surface area contributed by atoms with Crippen molar-refractivity contribution in [3.8, 4) is 0 Å². The Morgan fingerprint density at radius 3 is 2.24 bits per heavy atom. The molecule has 0 amide bonds. The number of hydrogen-bond donors (Lipinski definition) is 1. The highest BCUT2D eigenvalue weighted by molar-refractivity contribution is 5.87. The van der Waals surface area contributed by atoms with Crippen LogP contribution in [0.4, 0.5) is 0 Å². The fourth-order valence-corrected chi connectivity index (χ4v) is 6.43. The maximum absolute atomic E-state index is 12.3. The van der Waals surface area contributed by atoms with Crippen molar-refractivity contribution in [2.45, 2.75) is 57.6 Å². The minimum Gasteiger partial charge on any atom is -0.478 e. The number of ether oxygens (including phenoxy) is 1. The number of aliphatic imine (C=N–C) groups is 1. The molecular weight excluding hydrogens is 358 g/mol. The molecule has 3 aliphatic rings. The molecule has 2 bridgehead atoms. The second-order valence-corrected chi connectivity index (χ2v) is 9.97. The van der Waals surface area contributed by atoms with Crippen molar-refractivity contribution >= 4 is 5.90 Å². The fraction of sp³-hybridized carbons (Fsp3) is 0.500. The second kappa shape index (κ2) is 6.43. The molecule has 0 saturated heterocycles. The average Bonchev–Trinajstić information content (AvgIpc) is 3.33. The van der Waals surface area contributed by atoms with Gasteiger partial charge in [-0.3, -0.25) is 0 Å². The molecule has 152 valence electrons. The van der Waals surface area contributed by atoms with Crippen molar-refractivity contribution in [2.75, 3.05) is 6.61 Å². The van der Waals surface area contributed by atoms with Crippen molar-refractivity contribution < 1.29 is 9.84 Å². The van der Waals surface area contributed by atoms with Gasteiger partial charge >= 0.3 is 0 Å². The van der Waals surface area contributed by atoms with Crippen LogP contribution in [0.3, 0.4) is 0 Å². The molecule has 1 N–H and O–H groups in total. The summed E-state index contributed by atoms with van der Waals surface area (Å²) in [6.07, 6.45) is 3.07. The molecule has 29 heavy (non-hydrogen) atoms. The van der Waals surface area contributed by atoms with E-state index in [1.165, 1.54) is 12.0 Å². The molecule has 0 radical (unpaired) electrons. The first-order valence-electron chi connectivity index (χ1n) is 10.9. The highest BCUT2D eigenvalue weighted by Gasteiger charge is 2.71.